The summed E-state index contributed by atoms with van der Waals surface area (Å²) in [5.41, 5.74) is 4.93. The largest absolute Gasteiger partial charge is 0.493 e. The molecule has 2 aliphatic carbocycles. The number of rotatable bonds is 15. The lowest BCUT2D eigenvalue weighted by atomic mass is 9.81. The normalized spacial score (nSPS) is 18.4. The molecule has 11 nitrogen and oxygen atoms in total. The molecule has 0 amide bonds. The summed E-state index contributed by atoms with van der Waals surface area (Å²) in [6.45, 7) is 4.67. The van der Waals surface area contributed by atoms with Crippen LogP contribution >= 0.6 is 0 Å². The van der Waals surface area contributed by atoms with Crippen LogP contribution in [0.1, 0.15) is 117 Å². The summed E-state index contributed by atoms with van der Waals surface area (Å²) in [7, 11) is 3.31. The average Bonchev–Trinajstić information content (AvgIpc) is 4.17. The van der Waals surface area contributed by atoms with Crippen LogP contribution in [-0.4, -0.2) is 66.2 Å². The quantitative estimate of drug-likeness (QED) is 0.102. The number of pyridine rings is 1. The van der Waals surface area contributed by atoms with E-state index < -0.39 is 5.60 Å². The molecule has 5 aromatic rings. The zero-order chi connectivity index (χ0) is 44.5. The SMILES string of the molecule is COc1ccc(C(CC2=NOC(=O)C2)c2ccccc2)cc1OC1CCCC1.COc1ccc(C(O)(Cc2ccncc2)c2ccc(C3=NC(C)(C)CO3)cc2)cc1OC1CCCC1. The topological polar surface area (TPSA) is 130 Å². The van der Waals surface area contributed by atoms with Gasteiger partial charge in [0.1, 0.15) is 12.2 Å². The molecule has 2 atom stereocenters. The molecule has 2 saturated carbocycles. The highest BCUT2D eigenvalue weighted by molar-refractivity contribution is 6.02. The van der Waals surface area contributed by atoms with Gasteiger partial charge < -0.3 is 33.6 Å². The third kappa shape index (κ3) is 10.8. The molecule has 11 heteroatoms. The van der Waals surface area contributed by atoms with Crippen LogP contribution in [0.25, 0.3) is 0 Å². The number of hydrogen-bond acceptors (Lipinski definition) is 11. The van der Waals surface area contributed by atoms with Crippen molar-refractivity contribution < 1.29 is 38.4 Å². The third-order valence-electron chi connectivity index (χ3n) is 12.5. The summed E-state index contributed by atoms with van der Waals surface area (Å²) in [5.74, 6) is 3.29. The first-order chi connectivity index (χ1) is 31.1. The van der Waals surface area contributed by atoms with E-state index in [2.05, 4.69) is 53.2 Å². The van der Waals surface area contributed by atoms with Gasteiger partial charge in [-0.25, -0.2) is 9.79 Å². The van der Waals surface area contributed by atoms with Gasteiger partial charge in [-0.1, -0.05) is 59.8 Å². The second-order valence-electron chi connectivity index (χ2n) is 17.8. The van der Waals surface area contributed by atoms with E-state index in [0.29, 0.717) is 36.8 Å². The van der Waals surface area contributed by atoms with Gasteiger partial charge in [-0.3, -0.25) is 4.98 Å². The Morgan fingerprint density at radius 1 is 0.734 bits per heavy atom. The summed E-state index contributed by atoms with van der Waals surface area (Å²) >= 11 is 0. The van der Waals surface area contributed by atoms with Crippen LogP contribution in [0.4, 0.5) is 0 Å². The summed E-state index contributed by atoms with van der Waals surface area (Å²) < 4.78 is 29.6. The Kier molecular flexibility index (Phi) is 13.9. The van der Waals surface area contributed by atoms with Gasteiger partial charge in [0.25, 0.3) is 0 Å². The molecule has 1 N–H and O–H groups in total. The minimum absolute atomic E-state index is 0.0614. The van der Waals surface area contributed by atoms with Gasteiger partial charge in [0.05, 0.1) is 44.1 Å². The fourth-order valence-electron chi connectivity index (χ4n) is 8.99. The van der Waals surface area contributed by atoms with Crippen LogP contribution < -0.4 is 18.9 Å². The van der Waals surface area contributed by atoms with Crippen LogP contribution in [0.5, 0.6) is 23.0 Å². The van der Waals surface area contributed by atoms with Gasteiger partial charge >= 0.3 is 5.97 Å². The second-order valence-corrected chi connectivity index (χ2v) is 17.8. The smallest absolute Gasteiger partial charge is 0.340 e. The van der Waals surface area contributed by atoms with Crippen molar-refractivity contribution in [3.05, 3.63) is 149 Å². The number of hydrogen-bond donors (Lipinski definition) is 1. The van der Waals surface area contributed by atoms with Crippen molar-refractivity contribution in [2.45, 2.75) is 114 Å². The molecular formula is C53H59N3O8. The van der Waals surface area contributed by atoms with E-state index >= 15 is 0 Å². The van der Waals surface area contributed by atoms with Crippen molar-refractivity contribution in [3.63, 3.8) is 0 Å². The van der Waals surface area contributed by atoms with Crippen LogP contribution in [0.3, 0.4) is 0 Å². The molecule has 0 spiro atoms. The molecule has 2 fully saturated rings. The van der Waals surface area contributed by atoms with Gasteiger partial charge in [-0.05, 0) is 142 Å². The number of nitrogens with zero attached hydrogens (tertiary/aromatic N) is 3. The van der Waals surface area contributed by atoms with E-state index in [1.54, 1.807) is 26.6 Å². The maximum atomic E-state index is 12.3. The van der Waals surface area contributed by atoms with Crippen LogP contribution in [-0.2, 0) is 26.4 Å². The Hall–Kier alpha value is -6.20. The molecule has 0 saturated heterocycles. The molecule has 0 bridgehead atoms. The Morgan fingerprint density at radius 3 is 1.92 bits per heavy atom. The fourth-order valence-corrected chi connectivity index (χ4v) is 8.99. The number of benzene rings is 4. The number of carbonyl (C=O) groups is 1. The lowest BCUT2D eigenvalue weighted by Gasteiger charge is -2.31. The summed E-state index contributed by atoms with van der Waals surface area (Å²) in [4.78, 5) is 25.1. The number of aliphatic hydroxyl groups is 1. The van der Waals surface area contributed by atoms with Gasteiger partial charge in [0.15, 0.2) is 23.0 Å². The Balaban J connectivity index is 0.000000181. The number of aromatic nitrogens is 1. The highest BCUT2D eigenvalue weighted by Crippen LogP contribution is 2.41. The van der Waals surface area contributed by atoms with Crippen molar-refractivity contribution in [2.24, 2.45) is 10.1 Å². The number of methoxy groups -OCH3 is 2. The maximum Gasteiger partial charge on any atom is 0.340 e. The zero-order valence-corrected chi connectivity index (χ0v) is 37.3. The average molecular weight is 866 g/mol. The molecule has 9 rings (SSSR count). The Bertz CT molecular complexity index is 2410. The highest BCUT2D eigenvalue weighted by Gasteiger charge is 2.35. The number of carbonyl (C=O) groups excluding carboxylic acids is 1. The summed E-state index contributed by atoms with van der Waals surface area (Å²) in [6.07, 6.45) is 14.2. The second kappa shape index (κ2) is 20.1. The van der Waals surface area contributed by atoms with Gasteiger partial charge in [0, 0.05) is 36.7 Å². The van der Waals surface area contributed by atoms with Crippen LogP contribution in [0, 0.1) is 0 Å². The lowest BCUT2D eigenvalue weighted by molar-refractivity contribution is -0.140. The van der Waals surface area contributed by atoms with E-state index in [1.165, 1.54) is 31.2 Å². The van der Waals surface area contributed by atoms with E-state index in [4.69, 9.17) is 28.5 Å². The van der Waals surface area contributed by atoms with Crippen LogP contribution in [0.15, 0.2) is 126 Å². The van der Waals surface area contributed by atoms with Gasteiger partial charge in [-0.2, -0.15) is 0 Å². The lowest BCUT2D eigenvalue weighted by Crippen LogP contribution is -2.30. The molecule has 0 radical (unpaired) electrons. The minimum Gasteiger partial charge on any atom is -0.493 e. The molecular weight excluding hydrogens is 807 g/mol. The van der Waals surface area contributed by atoms with Gasteiger partial charge in [-0.15, -0.1) is 0 Å². The van der Waals surface area contributed by atoms with Gasteiger partial charge in [0.2, 0.25) is 5.90 Å². The van der Waals surface area contributed by atoms with Crippen LogP contribution in [0.2, 0.25) is 0 Å². The molecule has 4 aliphatic rings. The molecule has 3 heterocycles. The van der Waals surface area contributed by atoms with Crippen molar-refractivity contribution in [3.8, 4) is 23.0 Å². The van der Waals surface area contributed by atoms with Crippen molar-refractivity contribution in [1.82, 2.24) is 4.98 Å². The number of ether oxygens (including phenoxy) is 5. The van der Waals surface area contributed by atoms with E-state index in [1.807, 2.05) is 78.9 Å². The fraction of sp³-hybridized carbons (Fsp3) is 0.396. The highest BCUT2D eigenvalue weighted by atomic mass is 16.7. The minimum atomic E-state index is -1.29. The Morgan fingerprint density at radius 2 is 1.34 bits per heavy atom. The van der Waals surface area contributed by atoms with E-state index in [0.717, 1.165) is 70.7 Å². The molecule has 2 unspecified atom stereocenters. The predicted octanol–water partition coefficient (Wildman–Crippen LogP) is 10.3. The molecule has 334 valence electrons. The van der Waals surface area contributed by atoms with E-state index in [-0.39, 0.29) is 36.1 Å². The Labute approximate surface area is 376 Å². The molecule has 1 aromatic heterocycles. The predicted molar refractivity (Wildman–Crippen MR) is 247 cm³/mol. The molecule has 4 aromatic carbocycles. The van der Waals surface area contributed by atoms with Crippen molar-refractivity contribution in [2.75, 3.05) is 20.8 Å². The first-order valence-electron chi connectivity index (χ1n) is 22.5. The molecule has 64 heavy (non-hydrogen) atoms. The number of oxime groups is 1. The summed E-state index contributed by atoms with van der Waals surface area (Å²) in [5, 5.41) is 16.3. The zero-order valence-electron chi connectivity index (χ0n) is 37.3. The van der Waals surface area contributed by atoms with E-state index in [9.17, 15) is 9.90 Å². The number of aliphatic imine (C=N–C) groups is 1. The molecule has 2 aliphatic heterocycles. The standard InChI is InChI=1S/C30H34N2O4.C23H25NO4/c1-29(2)20-35-28(32-29)22-8-10-23(11-9-22)30(33,19-21-14-16-31-17-15-21)24-12-13-26(34-3)27(18-24)36-25-6-4-5-7-25;1-26-21-12-11-17(13-22(21)27-19-9-5-6-10-19)20(16-7-3-2-4-8-16)14-18-15-23(25)28-24-18/h8-18,25,33H,4-7,19-20H2,1-3H3;2-4,7-8,11-13,19-20H,5-6,9-10,14-15H2,1H3. The van der Waals surface area contributed by atoms with Crippen molar-refractivity contribution in [1.29, 1.82) is 0 Å². The summed E-state index contributed by atoms with van der Waals surface area (Å²) in [6, 6.07) is 33.8. The monoisotopic (exact) mass is 865 g/mol. The maximum absolute atomic E-state index is 12.3. The third-order valence-corrected chi connectivity index (χ3v) is 12.5. The first-order valence-corrected chi connectivity index (χ1v) is 22.5. The van der Waals surface area contributed by atoms with Crippen molar-refractivity contribution >= 4 is 17.6 Å². The first kappa shape index (κ1) is 44.4.